The number of carbonyl (C=O) groups excluding carboxylic acids is 2. The van der Waals surface area contributed by atoms with Crippen molar-refractivity contribution in [3.8, 4) is 0 Å². The van der Waals surface area contributed by atoms with Crippen LogP contribution < -0.4 is 9.62 Å². The molecule has 0 aromatic heterocycles. The number of rotatable bonds is 10. The molecule has 2 amide bonds. The number of benzene rings is 3. The molecule has 1 atom stereocenters. The molecule has 7 nitrogen and oxygen atoms in total. The lowest BCUT2D eigenvalue weighted by atomic mass is 10.1. The Kier molecular flexibility index (Phi) is 10.0. The van der Waals surface area contributed by atoms with Gasteiger partial charge in [0.25, 0.3) is 10.0 Å². The number of carbonyl (C=O) groups is 2. The molecule has 1 unspecified atom stereocenters. The van der Waals surface area contributed by atoms with Crippen LogP contribution in [0.4, 0.5) is 5.69 Å². The lowest BCUT2D eigenvalue weighted by Crippen LogP contribution is -2.51. The summed E-state index contributed by atoms with van der Waals surface area (Å²) in [6, 6.07) is 16.0. The number of amides is 2. The van der Waals surface area contributed by atoms with Gasteiger partial charge in [-0.3, -0.25) is 13.9 Å². The summed E-state index contributed by atoms with van der Waals surface area (Å²) < 4.78 is 29.1. The van der Waals surface area contributed by atoms with Gasteiger partial charge in [0.15, 0.2) is 0 Å². The van der Waals surface area contributed by atoms with Gasteiger partial charge in [-0.1, -0.05) is 66.0 Å². The molecule has 0 aliphatic carbocycles. The van der Waals surface area contributed by atoms with E-state index in [2.05, 4.69) is 5.32 Å². The second-order valence-corrected chi connectivity index (χ2v) is 12.1. The van der Waals surface area contributed by atoms with Crippen LogP contribution in [-0.4, -0.2) is 44.8 Å². The predicted octanol–water partition coefficient (Wildman–Crippen LogP) is 5.67. The van der Waals surface area contributed by atoms with Crippen LogP contribution in [0.3, 0.4) is 0 Å². The molecule has 0 bridgehead atoms. The fourth-order valence-electron chi connectivity index (χ4n) is 4.26. The Balaban J connectivity index is 2.12. The van der Waals surface area contributed by atoms with Crippen LogP contribution in [0.25, 0.3) is 0 Å². The van der Waals surface area contributed by atoms with Crippen molar-refractivity contribution in [1.82, 2.24) is 10.2 Å². The van der Waals surface area contributed by atoms with Gasteiger partial charge in [-0.05, 0) is 74.2 Å². The highest BCUT2D eigenvalue weighted by Crippen LogP contribution is 2.29. The molecule has 0 radical (unpaired) electrons. The smallest absolute Gasteiger partial charge is 0.264 e. The standard InChI is InChI=1S/C29H33Cl2N3O4S/c1-6-26(29(36)32-5)33(17-22-11-12-23(30)16-25(22)31)28(35)18-34(27-15-20(3)7-10-21(27)4)39(37,38)24-13-8-19(2)9-14-24/h7-16,26H,6,17-18H2,1-5H3,(H,32,36). The number of aryl methyl sites for hydroxylation is 3. The summed E-state index contributed by atoms with van der Waals surface area (Å²) in [6.45, 7) is 6.78. The molecule has 3 aromatic carbocycles. The van der Waals surface area contributed by atoms with Gasteiger partial charge in [-0.2, -0.15) is 0 Å². The van der Waals surface area contributed by atoms with Crippen molar-refractivity contribution in [3.05, 3.63) is 93.0 Å². The Morgan fingerprint density at radius 3 is 2.15 bits per heavy atom. The van der Waals surface area contributed by atoms with Crippen molar-refractivity contribution in [1.29, 1.82) is 0 Å². The van der Waals surface area contributed by atoms with Gasteiger partial charge in [0.2, 0.25) is 11.8 Å². The van der Waals surface area contributed by atoms with Gasteiger partial charge in [-0.25, -0.2) is 8.42 Å². The van der Waals surface area contributed by atoms with Crippen LogP contribution in [0.1, 0.15) is 35.6 Å². The van der Waals surface area contributed by atoms with E-state index >= 15 is 0 Å². The maximum Gasteiger partial charge on any atom is 0.264 e. The van der Waals surface area contributed by atoms with E-state index in [-0.39, 0.29) is 17.3 Å². The average molecular weight is 591 g/mol. The molecule has 10 heteroatoms. The highest BCUT2D eigenvalue weighted by atomic mass is 35.5. The molecule has 3 aromatic rings. The highest BCUT2D eigenvalue weighted by Gasteiger charge is 2.34. The molecule has 0 aliphatic rings. The normalized spacial score (nSPS) is 12.1. The Labute approximate surface area is 240 Å². The molecule has 0 aliphatic heterocycles. The Morgan fingerprint density at radius 1 is 0.923 bits per heavy atom. The van der Waals surface area contributed by atoms with Gasteiger partial charge in [-0.15, -0.1) is 0 Å². The SMILES string of the molecule is CCC(C(=O)NC)N(Cc1ccc(Cl)cc1Cl)C(=O)CN(c1cc(C)ccc1C)S(=O)(=O)c1ccc(C)cc1. The number of nitrogens with one attached hydrogen (secondary N) is 1. The molecular formula is C29H33Cl2N3O4S. The number of hydrogen-bond acceptors (Lipinski definition) is 4. The fraction of sp³-hybridized carbons (Fsp3) is 0.310. The minimum absolute atomic E-state index is 0.00796. The van der Waals surface area contributed by atoms with E-state index in [1.807, 2.05) is 26.0 Å². The molecule has 1 N–H and O–H groups in total. The number of nitrogens with zero attached hydrogens (tertiary/aromatic N) is 2. The molecule has 208 valence electrons. The third-order valence-electron chi connectivity index (χ3n) is 6.51. The first kappa shape index (κ1) is 30.5. The summed E-state index contributed by atoms with van der Waals surface area (Å²) in [7, 11) is -2.65. The minimum atomic E-state index is -4.14. The largest absolute Gasteiger partial charge is 0.357 e. The predicted molar refractivity (Wildman–Crippen MR) is 157 cm³/mol. The monoisotopic (exact) mass is 589 g/mol. The zero-order chi connectivity index (χ0) is 28.9. The zero-order valence-corrected chi connectivity index (χ0v) is 25.0. The highest BCUT2D eigenvalue weighted by molar-refractivity contribution is 7.92. The fourth-order valence-corrected chi connectivity index (χ4v) is 6.20. The topological polar surface area (TPSA) is 86.8 Å². The van der Waals surface area contributed by atoms with E-state index in [4.69, 9.17) is 23.2 Å². The van der Waals surface area contributed by atoms with Crippen molar-refractivity contribution < 1.29 is 18.0 Å². The summed E-state index contributed by atoms with van der Waals surface area (Å²) in [5.41, 5.74) is 3.41. The maximum absolute atomic E-state index is 14.0. The van der Waals surface area contributed by atoms with Crippen LogP contribution in [-0.2, 0) is 26.2 Å². The molecule has 0 saturated heterocycles. The molecule has 0 heterocycles. The lowest BCUT2D eigenvalue weighted by Gasteiger charge is -2.33. The van der Waals surface area contributed by atoms with Crippen molar-refractivity contribution in [2.24, 2.45) is 0 Å². The third kappa shape index (κ3) is 7.12. The molecule has 0 spiro atoms. The first-order chi connectivity index (χ1) is 18.4. The van der Waals surface area contributed by atoms with E-state index in [0.29, 0.717) is 33.3 Å². The third-order valence-corrected chi connectivity index (χ3v) is 8.87. The molecular weight excluding hydrogens is 557 g/mol. The van der Waals surface area contributed by atoms with Crippen LogP contribution in [0.5, 0.6) is 0 Å². The Bertz CT molecular complexity index is 1460. The number of halogens is 2. The summed E-state index contributed by atoms with van der Waals surface area (Å²) in [6.07, 6.45) is 0.310. The number of hydrogen-bond donors (Lipinski definition) is 1. The summed E-state index contributed by atoms with van der Waals surface area (Å²) in [5.74, 6) is -0.913. The van der Waals surface area contributed by atoms with Gasteiger partial charge in [0, 0.05) is 23.6 Å². The summed E-state index contributed by atoms with van der Waals surface area (Å²) in [4.78, 5) is 28.3. The average Bonchev–Trinajstić information content (AvgIpc) is 2.89. The first-order valence-electron chi connectivity index (χ1n) is 12.5. The first-order valence-corrected chi connectivity index (χ1v) is 14.7. The molecule has 3 rings (SSSR count). The second kappa shape index (κ2) is 12.9. The minimum Gasteiger partial charge on any atom is -0.357 e. The van der Waals surface area contributed by atoms with Crippen molar-refractivity contribution in [3.63, 3.8) is 0 Å². The summed E-state index contributed by atoms with van der Waals surface area (Å²) >= 11 is 12.5. The lowest BCUT2D eigenvalue weighted by molar-refractivity contribution is -0.140. The van der Waals surface area contributed by atoms with Gasteiger partial charge in [0.05, 0.1) is 10.6 Å². The zero-order valence-electron chi connectivity index (χ0n) is 22.7. The van der Waals surface area contributed by atoms with E-state index in [1.165, 1.54) is 24.1 Å². The Morgan fingerprint density at radius 2 is 1.56 bits per heavy atom. The molecule has 39 heavy (non-hydrogen) atoms. The van der Waals surface area contributed by atoms with E-state index < -0.39 is 28.5 Å². The van der Waals surface area contributed by atoms with Crippen LogP contribution >= 0.6 is 23.2 Å². The van der Waals surface area contributed by atoms with Gasteiger partial charge < -0.3 is 10.2 Å². The number of likely N-dealkylation sites (N-methyl/N-ethyl adjacent to an activating group) is 1. The van der Waals surface area contributed by atoms with E-state index in [1.54, 1.807) is 50.2 Å². The van der Waals surface area contributed by atoms with E-state index in [9.17, 15) is 18.0 Å². The quantitative estimate of drug-likeness (QED) is 0.330. The van der Waals surface area contributed by atoms with E-state index in [0.717, 1.165) is 15.4 Å². The Hall–Kier alpha value is -3.07. The summed E-state index contributed by atoms with van der Waals surface area (Å²) in [5, 5.41) is 3.38. The maximum atomic E-state index is 14.0. The van der Waals surface area contributed by atoms with Crippen LogP contribution in [0, 0.1) is 20.8 Å². The van der Waals surface area contributed by atoms with Crippen LogP contribution in [0.15, 0.2) is 65.6 Å². The molecule has 0 saturated carbocycles. The molecule has 0 fully saturated rings. The second-order valence-electron chi connectivity index (χ2n) is 9.41. The van der Waals surface area contributed by atoms with Gasteiger partial charge in [0.1, 0.15) is 12.6 Å². The number of sulfonamides is 1. The van der Waals surface area contributed by atoms with Gasteiger partial charge >= 0.3 is 0 Å². The number of anilines is 1. The van der Waals surface area contributed by atoms with Crippen molar-refractivity contribution in [2.45, 2.75) is 51.6 Å². The van der Waals surface area contributed by atoms with Crippen molar-refractivity contribution in [2.75, 3.05) is 17.9 Å². The van der Waals surface area contributed by atoms with Crippen molar-refractivity contribution >= 4 is 50.7 Å². The van der Waals surface area contributed by atoms with Crippen LogP contribution in [0.2, 0.25) is 10.0 Å².